The van der Waals surface area contributed by atoms with Crippen molar-refractivity contribution in [2.75, 3.05) is 13.7 Å². The van der Waals surface area contributed by atoms with Gasteiger partial charge in [0.2, 0.25) is 11.8 Å². The summed E-state index contributed by atoms with van der Waals surface area (Å²) in [6.07, 6.45) is 2.57. The van der Waals surface area contributed by atoms with Crippen molar-refractivity contribution >= 4 is 0 Å². The number of hydrogen-bond acceptors (Lipinski definition) is 5. The van der Waals surface area contributed by atoms with Crippen molar-refractivity contribution in [3.05, 3.63) is 11.8 Å². The Hall–Kier alpha value is -0.940. The van der Waals surface area contributed by atoms with Crippen LogP contribution < -0.4 is 5.32 Å². The highest BCUT2D eigenvalue weighted by Crippen LogP contribution is 2.26. The minimum Gasteiger partial charge on any atom is -0.422 e. The molecule has 1 aromatic heterocycles. The lowest BCUT2D eigenvalue weighted by atomic mass is 10.0. The SMILES string of the molecule is CCC(C)(OC)c1nnc(CCCNC(C)(C)C)o1. The summed E-state index contributed by atoms with van der Waals surface area (Å²) in [5, 5.41) is 11.6. The predicted octanol–water partition coefficient (Wildman–Crippen LogP) is 2.66. The topological polar surface area (TPSA) is 60.2 Å². The van der Waals surface area contributed by atoms with E-state index in [9.17, 15) is 0 Å². The summed E-state index contributed by atoms with van der Waals surface area (Å²) in [7, 11) is 1.67. The highest BCUT2D eigenvalue weighted by molar-refractivity contribution is 4.95. The van der Waals surface area contributed by atoms with Gasteiger partial charge in [0, 0.05) is 19.1 Å². The monoisotopic (exact) mass is 269 g/mol. The lowest BCUT2D eigenvalue weighted by molar-refractivity contribution is -0.0242. The molecule has 1 atom stereocenters. The Morgan fingerprint density at radius 2 is 1.89 bits per heavy atom. The van der Waals surface area contributed by atoms with E-state index in [1.807, 2.05) is 13.8 Å². The minimum absolute atomic E-state index is 0.150. The van der Waals surface area contributed by atoms with Crippen molar-refractivity contribution in [1.29, 1.82) is 0 Å². The fraction of sp³-hybridized carbons (Fsp3) is 0.857. The van der Waals surface area contributed by atoms with Crippen LogP contribution in [0.1, 0.15) is 59.2 Å². The van der Waals surface area contributed by atoms with Crippen LogP contribution in [0.4, 0.5) is 0 Å². The molecule has 1 aromatic rings. The number of methoxy groups -OCH3 is 1. The van der Waals surface area contributed by atoms with E-state index in [0.29, 0.717) is 11.8 Å². The number of aromatic nitrogens is 2. The molecule has 0 amide bonds. The smallest absolute Gasteiger partial charge is 0.247 e. The maximum atomic E-state index is 5.69. The van der Waals surface area contributed by atoms with E-state index >= 15 is 0 Å². The lowest BCUT2D eigenvalue weighted by Gasteiger charge is -2.21. The second-order valence-electron chi connectivity index (χ2n) is 6.07. The van der Waals surface area contributed by atoms with Crippen molar-refractivity contribution in [3.63, 3.8) is 0 Å². The van der Waals surface area contributed by atoms with Crippen LogP contribution in [0.3, 0.4) is 0 Å². The fourth-order valence-corrected chi connectivity index (χ4v) is 1.65. The molecule has 0 spiro atoms. The van der Waals surface area contributed by atoms with Crippen molar-refractivity contribution in [1.82, 2.24) is 15.5 Å². The number of aryl methyl sites for hydroxylation is 1. The van der Waals surface area contributed by atoms with Gasteiger partial charge in [0.1, 0.15) is 5.60 Å². The molecule has 1 rings (SSSR count). The number of hydrogen-bond donors (Lipinski definition) is 1. The van der Waals surface area contributed by atoms with Crippen LogP contribution in [0, 0.1) is 0 Å². The highest BCUT2D eigenvalue weighted by Gasteiger charge is 2.30. The van der Waals surface area contributed by atoms with Gasteiger partial charge >= 0.3 is 0 Å². The van der Waals surface area contributed by atoms with Gasteiger partial charge in [-0.2, -0.15) is 0 Å². The Labute approximate surface area is 116 Å². The van der Waals surface area contributed by atoms with Gasteiger partial charge in [-0.15, -0.1) is 10.2 Å². The largest absolute Gasteiger partial charge is 0.422 e. The summed E-state index contributed by atoms with van der Waals surface area (Å²) in [6, 6.07) is 0. The van der Waals surface area contributed by atoms with Crippen LogP contribution in [0.5, 0.6) is 0 Å². The molecule has 1 N–H and O–H groups in total. The second-order valence-corrected chi connectivity index (χ2v) is 6.07. The van der Waals surface area contributed by atoms with E-state index in [0.717, 1.165) is 25.8 Å². The third-order valence-electron chi connectivity index (χ3n) is 3.27. The lowest BCUT2D eigenvalue weighted by Crippen LogP contribution is -2.36. The predicted molar refractivity (Wildman–Crippen MR) is 75.0 cm³/mol. The van der Waals surface area contributed by atoms with Gasteiger partial charge in [-0.3, -0.25) is 0 Å². The van der Waals surface area contributed by atoms with E-state index in [-0.39, 0.29) is 5.54 Å². The molecule has 0 aliphatic heterocycles. The first-order chi connectivity index (χ1) is 8.80. The van der Waals surface area contributed by atoms with Crippen molar-refractivity contribution in [2.24, 2.45) is 0 Å². The highest BCUT2D eigenvalue weighted by atomic mass is 16.5. The van der Waals surface area contributed by atoms with Crippen molar-refractivity contribution < 1.29 is 9.15 Å². The normalized spacial score (nSPS) is 15.5. The molecular formula is C14H27N3O2. The zero-order chi connectivity index (χ0) is 14.5. The maximum Gasteiger partial charge on any atom is 0.247 e. The molecule has 0 saturated carbocycles. The molecule has 0 aromatic carbocycles. The standard InChI is InChI=1S/C14H27N3O2/c1-7-14(5,18-6)12-17-16-11(19-12)9-8-10-15-13(2,3)4/h15H,7-10H2,1-6H3. The van der Waals surface area contributed by atoms with E-state index in [1.54, 1.807) is 7.11 Å². The van der Waals surface area contributed by atoms with E-state index in [1.165, 1.54) is 0 Å². The van der Waals surface area contributed by atoms with Crippen LogP contribution in [0.25, 0.3) is 0 Å². The Morgan fingerprint density at radius 1 is 1.21 bits per heavy atom. The van der Waals surface area contributed by atoms with Crippen LogP contribution in [-0.2, 0) is 16.8 Å². The summed E-state index contributed by atoms with van der Waals surface area (Å²) in [5.74, 6) is 1.25. The third kappa shape index (κ3) is 4.91. The van der Waals surface area contributed by atoms with Gasteiger partial charge < -0.3 is 14.5 Å². The molecule has 110 valence electrons. The molecule has 1 unspecified atom stereocenters. The molecule has 19 heavy (non-hydrogen) atoms. The Balaban J connectivity index is 2.47. The molecule has 0 fully saturated rings. The molecule has 0 aliphatic rings. The zero-order valence-electron chi connectivity index (χ0n) is 13.0. The Kier molecular flexibility index (Phi) is 5.50. The number of nitrogens with zero attached hydrogens (tertiary/aromatic N) is 2. The molecule has 0 aliphatic carbocycles. The van der Waals surface area contributed by atoms with Gasteiger partial charge in [-0.1, -0.05) is 6.92 Å². The summed E-state index contributed by atoms with van der Waals surface area (Å²) < 4.78 is 11.1. The van der Waals surface area contributed by atoms with Crippen LogP contribution in [0.2, 0.25) is 0 Å². The minimum atomic E-state index is -0.477. The fourth-order valence-electron chi connectivity index (χ4n) is 1.65. The van der Waals surface area contributed by atoms with Gasteiger partial charge in [0.15, 0.2) is 0 Å². The zero-order valence-corrected chi connectivity index (χ0v) is 13.0. The first-order valence-electron chi connectivity index (χ1n) is 6.94. The first kappa shape index (κ1) is 16.1. The quantitative estimate of drug-likeness (QED) is 0.771. The number of nitrogens with one attached hydrogen (secondary N) is 1. The average Bonchev–Trinajstić information content (AvgIpc) is 2.82. The number of ether oxygens (including phenoxy) is 1. The van der Waals surface area contributed by atoms with Crippen LogP contribution in [0.15, 0.2) is 4.42 Å². The van der Waals surface area contributed by atoms with E-state index in [4.69, 9.17) is 9.15 Å². The van der Waals surface area contributed by atoms with Gasteiger partial charge in [-0.25, -0.2) is 0 Å². The van der Waals surface area contributed by atoms with Crippen LogP contribution in [-0.4, -0.2) is 29.4 Å². The third-order valence-corrected chi connectivity index (χ3v) is 3.27. The summed E-state index contributed by atoms with van der Waals surface area (Å²) >= 11 is 0. The molecule has 0 saturated heterocycles. The summed E-state index contributed by atoms with van der Waals surface area (Å²) in [5.41, 5.74) is -0.328. The number of rotatable bonds is 7. The molecule has 5 heteroatoms. The molecule has 0 radical (unpaired) electrons. The maximum absolute atomic E-state index is 5.69. The second kappa shape index (κ2) is 6.48. The van der Waals surface area contributed by atoms with Crippen molar-refractivity contribution in [3.8, 4) is 0 Å². The molecular weight excluding hydrogens is 242 g/mol. The average molecular weight is 269 g/mol. The van der Waals surface area contributed by atoms with E-state index in [2.05, 4.69) is 36.3 Å². The van der Waals surface area contributed by atoms with E-state index < -0.39 is 5.60 Å². The van der Waals surface area contributed by atoms with Crippen LogP contribution >= 0.6 is 0 Å². The molecule has 5 nitrogen and oxygen atoms in total. The van der Waals surface area contributed by atoms with Crippen molar-refractivity contribution in [2.45, 2.75) is 65.0 Å². The van der Waals surface area contributed by atoms with Gasteiger partial charge in [-0.05, 0) is 47.1 Å². The Bertz CT molecular complexity index is 378. The Morgan fingerprint density at radius 3 is 2.42 bits per heavy atom. The molecule has 0 bridgehead atoms. The molecule has 1 heterocycles. The summed E-state index contributed by atoms with van der Waals surface area (Å²) in [6.45, 7) is 11.4. The first-order valence-corrected chi connectivity index (χ1v) is 6.94. The van der Waals surface area contributed by atoms with Gasteiger partial charge in [0.05, 0.1) is 0 Å². The van der Waals surface area contributed by atoms with Gasteiger partial charge in [0.25, 0.3) is 0 Å². The summed E-state index contributed by atoms with van der Waals surface area (Å²) in [4.78, 5) is 0.